The summed E-state index contributed by atoms with van der Waals surface area (Å²) in [6.45, 7) is 3.45. The maximum Gasteiger partial charge on any atom is 0.138 e. The van der Waals surface area contributed by atoms with Crippen molar-refractivity contribution in [1.29, 1.82) is 0 Å². The molecule has 1 fully saturated rings. The molecule has 0 radical (unpaired) electrons. The fourth-order valence-electron chi connectivity index (χ4n) is 5.67. The third kappa shape index (κ3) is 4.68. The number of aryl methyl sites for hydroxylation is 1. The van der Waals surface area contributed by atoms with E-state index in [-0.39, 0.29) is 5.82 Å². The van der Waals surface area contributed by atoms with Crippen LogP contribution in [0.15, 0.2) is 73.3 Å². The van der Waals surface area contributed by atoms with Crippen LogP contribution in [-0.2, 0) is 6.42 Å². The van der Waals surface area contributed by atoms with Crippen molar-refractivity contribution in [2.75, 3.05) is 19.6 Å². The van der Waals surface area contributed by atoms with E-state index in [2.05, 4.69) is 47.2 Å². The number of aromatic amines is 2. The summed E-state index contributed by atoms with van der Waals surface area (Å²) in [5.41, 5.74) is 7.88. The lowest BCUT2D eigenvalue weighted by Gasteiger charge is -2.14. The zero-order valence-electron chi connectivity index (χ0n) is 21.5. The highest BCUT2D eigenvalue weighted by Gasteiger charge is 2.16. The van der Waals surface area contributed by atoms with E-state index in [1.807, 2.05) is 24.3 Å². The van der Waals surface area contributed by atoms with Gasteiger partial charge in [0.2, 0.25) is 0 Å². The Morgan fingerprint density at radius 3 is 2.62 bits per heavy atom. The molecule has 8 heteroatoms. The normalized spacial score (nSPS) is 14.1. The second-order valence-electron chi connectivity index (χ2n) is 10.2. The number of fused-ring (bicyclic) bond motifs is 2. The maximum absolute atomic E-state index is 14.8. The second kappa shape index (κ2) is 10.0. The van der Waals surface area contributed by atoms with Gasteiger partial charge in [-0.2, -0.15) is 5.10 Å². The average Bonchev–Trinajstić information content (AvgIpc) is 3.72. The molecule has 6 aromatic rings. The van der Waals surface area contributed by atoms with Crippen molar-refractivity contribution in [1.82, 2.24) is 35.0 Å². The summed E-state index contributed by atoms with van der Waals surface area (Å²) in [6.07, 6.45) is 11.6. The molecule has 1 aromatic carbocycles. The second-order valence-corrected chi connectivity index (χ2v) is 10.2. The Morgan fingerprint density at radius 2 is 1.74 bits per heavy atom. The van der Waals surface area contributed by atoms with Gasteiger partial charge in [0.15, 0.2) is 0 Å². The van der Waals surface area contributed by atoms with Crippen LogP contribution in [-0.4, -0.2) is 54.7 Å². The average molecular weight is 518 g/mol. The van der Waals surface area contributed by atoms with Gasteiger partial charge >= 0.3 is 0 Å². The lowest BCUT2D eigenvalue weighted by Crippen LogP contribution is -2.20. The number of benzene rings is 1. The standard InChI is InChI=1S/C31H28FN7/c32-23-15-20(4-3-13-39-11-1-2-12-39)14-22(16-23)24-7-10-34-31-25(24)17-28(36-31)30-26-18-27(21-5-8-33-9-6-21)35-19-29(26)37-38-30/h5-10,14-19H,1-4,11-13H2,(H,34,36)(H,37,38). The van der Waals surface area contributed by atoms with Crippen LogP contribution < -0.4 is 0 Å². The number of H-pyrrole nitrogens is 2. The molecule has 1 saturated heterocycles. The molecule has 2 N–H and O–H groups in total. The van der Waals surface area contributed by atoms with Crippen molar-refractivity contribution in [3.8, 4) is 33.8 Å². The number of halogens is 1. The van der Waals surface area contributed by atoms with Gasteiger partial charge in [-0.25, -0.2) is 9.37 Å². The number of hydrogen-bond acceptors (Lipinski definition) is 5. The van der Waals surface area contributed by atoms with Crippen LogP contribution in [0.4, 0.5) is 4.39 Å². The minimum Gasteiger partial charge on any atom is -0.338 e. The molecule has 194 valence electrons. The molecule has 0 aliphatic carbocycles. The van der Waals surface area contributed by atoms with Crippen molar-refractivity contribution >= 4 is 21.9 Å². The first kappa shape index (κ1) is 23.7. The lowest BCUT2D eigenvalue weighted by molar-refractivity contribution is 0.334. The van der Waals surface area contributed by atoms with Crippen molar-refractivity contribution in [2.45, 2.75) is 25.7 Å². The van der Waals surface area contributed by atoms with Crippen LogP contribution in [0, 0.1) is 5.82 Å². The molecule has 0 amide bonds. The van der Waals surface area contributed by atoms with Crippen molar-refractivity contribution < 1.29 is 4.39 Å². The minimum atomic E-state index is -0.209. The summed E-state index contributed by atoms with van der Waals surface area (Å²) in [6, 6.07) is 15.3. The Hall–Kier alpha value is -4.43. The summed E-state index contributed by atoms with van der Waals surface area (Å²) >= 11 is 0. The van der Waals surface area contributed by atoms with Crippen LogP contribution in [0.2, 0.25) is 0 Å². The van der Waals surface area contributed by atoms with Gasteiger partial charge in [-0.05, 0) is 104 Å². The first-order valence-electron chi connectivity index (χ1n) is 13.5. The molecule has 0 spiro atoms. The van der Waals surface area contributed by atoms with Gasteiger partial charge in [0.25, 0.3) is 0 Å². The van der Waals surface area contributed by atoms with E-state index < -0.39 is 0 Å². The van der Waals surface area contributed by atoms with Gasteiger partial charge in [-0.1, -0.05) is 6.07 Å². The van der Waals surface area contributed by atoms with E-state index >= 15 is 0 Å². The highest BCUT2D eigenvalue weighted by molar-refractivity contribution is 6.00. The summed E-state index contributed by atoms with van der Waals surface area (Å²) < 4.78 is 14.8. The third-order valence-electron chi connectivity index (χ3n) is 7.62. The summed E-state index contributed by atoms with van der Waals surface area (Å²) in [5, 5.41) is 9.57. The number of nitrogens with one attached hydrogen (secondary N) is 2. The number of rotatable bonds is 7. The summed E-state index contributed by atoms with van der Waals surface area (Å²) in [4.78, 5) is 19.2. The number of nitrogens with zero attached hydrogens (tertiary/aromatic N) is 5. The molecule has 39 heavy (non-hydrogen) atoms. The van der Waals surface area contributed by atoms with Gasteiger partial charge < -0.3 is 9.88 Å². The highest BCUT2D eigenvalue weighted by Crippen LogP contribution is 2.34. The molecule has 0 unspecified atom stereocenters. The summed E-state index contributed by atoms with van der Waals surface area (Å²) in [7, 11) is 0. The molecular weight excluding hydrogens is 489 g/mol. The molecule has 0 bridgehead atoms. The SMILES string of the molecule is Fc1cc(CCCN2CCCC2)cc(-c2ccnc3[nH]c(-c4n[nH]c5cnc(-c6ccncc6)cc45)cc23)c1. The van der Waals surface area contributed by atoms with Gasteiger partial charge in [0, 0.05) is 34.9 Å². The van der Waals surface area contributed by atoms with Gasteiger partial charge in [0.05, 0.1) is 23.1 Å². The van der Waals surface area contributed by atoms with Gasteiger partial charge in [0.1, 0.15) is 17.2 Å². The first-order valence-corrected chi connectivity index (χ1v) is 13.5. The van der Waals surface area contributed by atoms with Crippen molar-refractivity contribution in [2.24, 2.45) is 0 Å². The lowest BCUT2D eigenvalue weighted by atomic mass is 9.99. The van der Waals surface area contributed by atoms with E-state index in [4.69, 9.17) is 0 Å². The van der Waals surface area contributed by atoms with Crippen LogP contribution >= 0.6 is 0 Å². The van der Waals surface area contributed by atoms with Gasteiger partial charge in [-0.15, -0.1) is 0 Å². The molecule has 7 nitrogen and oxygen atoms in total. The number of aromatic nitrogens is 6. The van der Waals surface area contributed by atoms with Crippen LogP contribution in [0.1, 0.15) is 24.8 Å². The number of hydrogen-bond donors (Lipinski definition) is 2. The molecule has 0 saturated carbocycles. The fourth-order valence-corrected chi connectivity index (χ4v) is 5.67. The zero-order valence-corrected chi connectivity index (χ0v) is 21.5. The molecular formula is C31H28FN7. The fraction of sp³-hybridized carbons (Fsp3) is 0.226. The Bertz CT molecular complexity index is 1770. The van der Waals surface area contributed by atoms with Crippen LogP contribution in [0.3, 0.4) is 0 Å². The Balaban J connectivity index is 1.23. The van der Waals surface area contributed by atoms with E-state index in [0.29, 0.717) is 0 Å². The predicted octanol–water partition coefficient (Wildman–Crippen LogP) is 6.40. The van der Waals surface area contributed by atoms with E-state index in [9.17, 15) is 4.39 Å². The molecule has 1 aliphatic heterocycles. The highest BCUT2D eigenvalue weighted by atomic mass is 19.1. The first-order chi connectivity index (χ1) is 19.2. The predicted molar refractivity (Wildman–Crippen MR) is 152 cm³/mol. The molecule has 7 rings (SSSR count). The molecule has 6 heterocycles. The monoisotopic (exact) mass is 517 g/mol. The molecule has 5 aromatic heterocycles. The number of likely N-dealkylation sites (tertiary alicyclic amines) is 1. The Labute approximate surface area is 225 Å². The van der Waals surface area contributed by atoms with E-state index in [1.165, 1.54) is 25.9 Å². The molecule has 1 aliphatic rings. The third-order valence-corrected chi connectivity index (χ3v) is 7.62. The zero-order chi connectivity index (χ0) is 26.2. The summed E-state index contributed by atoms with van der Waals surface area (Å²) in [5.74, 6) is -0.209. The topological polar surface area (TPSA) is 86.4 Å². The maximum atomic E-state index is 14.8. The largest absolute Gasteiger partial charge is 0.338 e. The Kier molecular flexibility index (Phi) is 6.09. The van der Waals surface area contributed by atoms with Crippen LogP contribution in [0.25, 0.3) is 55.7 Å². The van der Waals surface area contributed by atoms with E-state index in [0.717, 1.165) is 80.7 Å². The smallest absolute Gasteiger partial charge is 0.138 e. The number of pyridine rings is 3. The van der Waals surface area contributed by atoms with Crippen LogP contribution in [0.5, 0.6) is 0 Å². The molecule has 0 atom stereocenters. The van der Waals surface area contributed by atoms with Crippen molar-refractivity contribution in [3.63, 3.8) is 0 Å². The Morgan fingerprint density at radius 1 is 0.872 bits per heavy atom. The van der Waals surface area contributed by atoms with E-state index in [1.54, 1.807) is 36.9 Å². The quantitative estimate of drug-likeness (QED) is 0.256. The van der Waals surface area contributed by atoms with Crippen molar-refractivity contribution in [3.05, 3.63) is 84.7 Å². The van der Waals surface area contributed by atoms with Gasteiger partial charge in [-0.3, -0.25) is 15.1 Å². The minimum absolute atomic E-state index is 0.209.